The van der Waals surface area contributed by atoms with Crippen LogP contribution in [0.3, 0.4) is 0 Å². The molecule has 0 fully saturated rings. The van der Waals surface area contributed by atoms with E-state index < -0.39 is 40.7 Å². The Morgan fingerprint density at radius 1 is 1.16 bits per heavy atom. The van der Waals surface area contributed by atoms with Gasteiger partial charge in [0, 0.05) is 16.1 Å². The van der Waals surface area contributed by atoms with Gasteiger partial charge >= 0.3 is 5.97 Å². The molecule has 0 aromatic heterocycles. The number of halogens is 2. The number of benzene rings is 2. The van der Waals surface area contributed by atoms with Crippen molar-refractivity contribution in [3.8, 4) is 5.75 Å². The van der Waals surface area contributed by atoms with Crippen molar-refractivity contribution in [1.29, 1.82) is 0 Å². The molecule has 2 rings (SSSR count). The molecule has 0 bridgehead atoms. The predicted molar refractivity (Wildman–Crippen MR) is 120 cm³/mol. The molecule has 0 saturated carbocycles. The summed E-state index contributed by atoms with van der Waals surface area (Å²) in [5, 5.41) is 13.2. The number of methoxy groups -OCH3 is 1. The Balaban J connectivity index is 2.05. The van der Waals surface area contributed by atoms with Crippen molar-refractivity contribution < 1.29 is 32.6 Å². The summed E-state index contributed by atoms with van der Waals surface area (Å²) in [4.78, 5) is 24.4. The van der Waals surface area contributed by atoms with Gasteiger partial charge in [0.25, 0.3) is 5.91 Å². The van der Waals surface area contributed by atoms with Gasteiger partial charge in [-0.25, -0.2) is 8.42 Å². The van der Waals surface area contributed by atoms with Gasteiger partial charge in [-0.05, 0) is 49.7 Å². The molecule has 0 heterocycles. The number of hydrogen-bond acceptors (Lipinski definition) is 7. The fourth-order valence-corrected chi connectivity index (χ4v) is 4.07. The maximum Gasteiger partial charge on any atom is 0.327 e. The van der Waals surface area contributed by atoms with Gasteiger partial charge in [-0.2, -0.15) is 4.72 Å². The van der Waals surface area contributed by atoms with E-state index in [1.165, 1.54) is 44.4 Å². The van der Waals surface area contributed by atoms with Crippen molar-refractivity contribution >= 4 is 50.8 Å². The van der Waals surface area contributed by atoms with Gasteiger partial charge in [-0.1, -0.05) is 23.2 Å². The summed E-state index contributed by atoms with van der Waals surface area (Å²) in [6.45, 7) is 2.21. The molecule has 0 aliphatic rings. The fourth-order valence-electron chi connectivity index (χ4n) is 2.54. The van der Waals surface area contributed by atoms with Crippen LogP contribution in [0.15, 0.2) is 41.3 Å². The lowest BCUT2D eigenvalue weighted by molar-refractivity contribution is -0.151. The lowest BCUT2D eigenvalue weighted by Crippen LogP contribution is -2.48. The average Bonchev–Trinajstić information content (AvgIpc) is 2.73. The zero-order valence-corrected chi connectivity index (χ0v) is 19.7. The molecule has 12 heteroatoms. The van der Waals surface area contributed by atoms with Crippen LogP contribution >= 0.6 is 23.2 Å². The Morgan fingerprint density at radius 3 is 2.34 bits per heavy atom. The van der Waals surface area contributed by atoms with E-state index in [1.807, 2.05) is 0 Å². The summed E-state index contributed by atoms with van der Waals surface area (Å²) >= 11 is 11.8. The number of rotatable bonds is 9. The molecule has 32 heavy (non-hydrogen) atoms. The number of sulfonamides is 1. The van der Waals surface area contributed by atoms with Gasteiger partial charge in [0.1, 0.15) is 11.8 Å². The van der Waals surface area contributed by atoms with E-state index in [9.17, 15) is 23.1 Å². The fraction of sp³-hybridized carbons (Fsp3) is 0.300. The molecule has 2 aromatic rings. The third-order valence-electron chi connectivity index (χ3n) is 4.24. The zero-order valence-electron chi connectivity index (χ0n) is 17.4. The van der Waals surface area contributed by atoms with Crippen LogP contribution in [-0.4, -0.2) is 51.3 Å². The zero-order chi connectivity index (χ0) is 24.1. The SMILES string of the molecule is COc1cc(Cl)c(C)cc1NC(=O)COC(=O)[C@H](NS(=O)(=O)c1ccc(Cl)cc1)[C@@H](C)O. The Bertz CT molecular complexity index is 1090. The molecular weight excluding hydrogens is 483 g/mol. The van der Waals surface area contributed by atoms with E-state index in [1.54, 1.807) is 13.0 Å². The highest BCUT2D eigenvalue weighted by Crippen LogP contribution is 2.30. The minimum Gasteiger partial charge on any atom is -0.495 e. The predicted octanol–water partition coefficient (Wildman–Crippen LogP) is 2.52. The van der Waals surface area contributed by atoms with Crippen LogP contribution in [0.2, 0.25) is 10.0 Å². The number of nitrogens with one attached hydrogen (secondary N) is 2. The number of aryl methyl sites for hydroxylation is 1. The smallest absolute Gasteiger partial charge is 0.327 e. The topological polar surface area (TPSA) is 131 Å². The number of carbonyl (C=O) groups is 2. The first kappa shape index (κ1) is 25.9. The average molecular weight is 505 g/mol. The minimum atomic E-state index is -4.17. The molecule has 174 valence electrons. The molecule has 0 saturated heterocycles. The van der Waals surface area contributed by atoms with E-state index in [4.69, 9.17) is 32.7 Å². The molecule has 1 amide bonds. The lowest BCUT2D eigenvalue weighted by Gasteiger charge is -2.20. The largest absolute Gasteiger partial charge is 0.495 e. The van der Waals surface area contributed by atoms with Crippen molar-refractivity contribution in [2.24, 2.45) is 0 Å². The molecule has 3 N–H and O–H groups in total. The Morgan fingerprint density at radius 2 is 1.78 bits per heavy atom. The maximum absolute atomic E-state index is 12.5. The number of aliphatic hydroxyl groups is 1. The quantitative estimate of drug-likeness (QED) is 0.447. The van der Waals surface area contributed by atoms with E-state index in [2.05, 4.69) is 10.0 Å². The van der Waals surface area contributed by atoms with Crippen molar-refractivity contribution in [3.63, 3.8) is 0 Å². The molecule has 2 atom stereocenters. The van der Waals surface area contributed by atoms with Crippen LogP contribution in [0.4, 0.5) is 5.69 Å². The van der Waals surface area contributed by atoms with Gasteiger partial charge in [0.15, 0.2) is 6.61 Å². The number of aliphatic hydroxyl groups excluding tert-OH is 1. The van der Waals surface area contributed by atoms with Gasteiger partial charge < -0.3 is 19.9 Å². The van der Waals surface area contributed by atoms with Gasteiger partial charge in [-0.15, -0.1) is 0 Å². The van der Waals surface area contributed by atoms with Gasteiger partial charge in [0.05, 0.1) is 23.8 Å². The van der Waals surface area contributed by atoms with E-state index in [0.717, 1.165) is 0 Å². The van der Waals surface area contributed by atoms with Gasteiger partial charge in [-0.3, -0.25) is 9.59 Å². The summed E-state index contributed by atoms with van der Waals surface area (Å²) in [7, 11) is -2.77. The first-order valence-electron chi connectivity index (χ1n) is 9.21. The van der Waals surface area contributed by atoms with Crippen molar-refractivity contribution in [2.45, 2.75) is 30.9 Å². The first-order valence-corrected chi connectivity index (χ1v) is 11.4. The molecule has 0 spiro atoms. The monoisotopic (exact) mass is 504 g/mol. The normalized spacial score (nSPS) is 13.2. The second kappa shape index (κ2) is 11.0. The Hall–Kier alpha value is -2.37. The number of amides is 1. The van der Waals surface area contributed by atoms with Crippen LogP contribution in [0, 0.1) is 6.92 Å². The standard InChI is InChI=1S/C20H22Cl2N2O7S/c1-11-8-16(17(30-3)9-15(11)22)23-18(26)10-31-20(27)19(12(2)25)24-32(28,29)14-6-4-13(21)5-7-14/h4-9,12,19,24-25H,10H2,1-3H3,(H,23,26)/t12-,19-/m1/s1. The number of hydrogen-bond donors (Lipinski definition) is 3. The molecule has 0 unspecified atom stereocenters. The Labute approximate surface area is 195 Å². The van der Waals surface area contributed by atoms with Crippen molar-refractivity contribution in [3.05, 3.63) is 52.0 Å². The third kappa shape index (κ3) is 6.81. The molecule has 0 aliphatic heterocycles. The van der Waals surface area contributed by atoms with Crippen LogP contribution in [-0.2, 0) is 24.3 Å². The molecule has 0 radical (unpaired) electrons. The number of anilines is 1. The van der Waals surface area contributed by atoms with Crippen LogP contribution in [0.5, 0.6) is 5.75 Å². The van der Waals surface area contributed by atoms with Crippen LogP contribution < -0.4 is 14.8 Å². The second-order valence-electron chi connectivity index (χ2n) is 6.75. The lowest BCUT2D eigenvalue weighted by atomic mass is 10.2. The molecular formula is C20H22Cl2N2O7S. The number of esters is 1. The Kier molecular flexibility index (Phi) is 8.88. The summed E-state index contributed by atoms with van der Waals surface area (Å²) in [5.74, 6) is -1.53. The van der Waals surface area contributed by atoms with E-state index in [0.29, 0.717) is 27.0 Å². The number of carbonyl (C=O) groups excluding carboxylic acids is 2. The first-order chi connectivity index (χ1) is 14.9. The summed E-state index contributed by atoms with van der Waals surface area (Å²) in [5.41, 5.74) is 0.997. The number of ether oxygens (including phenoxy) is 2. The summed E-state index contributed by atoms with van der Waals surface area (Å²) in [6, 6.07) is 6.67. The van der Waals surface area contributed by atoms with Crippen molar-refractivity contribution in [2.75, 3.05) is 19.0 Å². The van der Waals surface area contributed by atoms with Gasteiger partial charge in [0.2, 0.25) is 10.0 Å². The molecule has 0 aliphatic carbocycles. The summed E-state index contributed by atoms with van der Waals surface area (Å²) < 4.78 is 37.1. The van der Waals surface area contributed by atoms with Crippen LogP contribution in [0.25, 0.3) is 0 Å². The highest BCUT2D eigenvalue weighted by molar-refractivity contribution is 7.89. The van der Waals surface area contributed by atoms with E-state index >= 15 is 0 Å². The van der Waals surface area contributed by atoms with E-state index in [-0.39, 0.29) is 4.90 Å². The molecule has 9 nitrogen and oxygen atoms in total. The minimum absolute atomic E-state index is 0.164. The van der Waals surface area contributed by atoms with Crippen LogP contribution in [0.1, 0.15) is 12.5 Å². The third-order valence-corrected chi connectivity index (χ3v) is 6.36. The second-order valence-corrected chi connectivity index (χ2v) is 9.31. The van der Waals surface area contributed by atoms with Crippen molar-refractivity contribution in [1.82, 2.24) is 4.72 Å². The highest BCUT2D eigenvalue weighted by Gasteiger charge is 2.31. The maximum atomic E-state index is 12.5. The summed E-state index contributed by atoms with van der Waals surface area (Å²) in [6.07, 6.45) is -1.44. The molecule has 2 aromatic carbocycles. The highest BCUT2D eigenvalue weighted by atomic mass is 35.5.